The van der Waals surface area contributed by atoms with Gasteiger partial charge < -0.3 is 5.73 Å². The largest absolute Gasteiger partial charge is 0.328 e. The molecular formula is C11H19N3. The molecule has 1 saturated carbocycles. The van der Waals surface area contributed by atoms with Gasteiger partial charge in [-0.05, 0) is 25.3 Å². The third kappa shape index (κ3) is 2.15. The second kappa shape index (κ2) is 4.13. The molecule has 2 rings (SSSR count). The topological polar surface area (TPSA) is 43.8 Å². The van der Waals surface area contributed by atoms with E-state index in [1.54, 1.807) is 0 Å². The molecule has 0 amide bonds. The van der Waals surface area contributed by atoms with Crippen molar-refractivity contribution in [1.82, 2.24) is 9.78 Å². The summed E-state index contributed by atoms with van der Waals surface area (Å²) in [5, 5.41) is 4.47. The molecule has 78 valence electrons. The van der Waals surface area contributed by atoms with Crippen LogP contribution in [-0.2, 0) is 7.05 Å². The SMILES string of the molecule is Cn1ccc(C2CCCCC(N)C2)n1. The van der Waals surface area contributed by atoms with E-state index in [1.165, 1.54) is 31.4 Å². The molecule has 0 aromatic carbocycles. The van der Waals surface area contributed by atoms with Crippen LogP contribution in [-0.4, -0.2) is 15.8 Å². The molecule has 2 unspecified atom stereocenters. The molecule has 1 heterocycles. The standard InChI is InChI=1S/C11H19N3/c1-14-7-6-11(13-14)9-4-2-3-5-10(12)8-9/h6-7,9-10H,2-5,8,12H2,1H3. The van der Waals surface area contributed by atoms with Crippen LogP contribution in [0.5, 0.6) is 0 Å². The molecule has 0 aliphatic heterocycles. The van der Waals surface area contributed by atoms with E-state index in [9.17, 15) is 0 Å². The van der Waals surface area contributed by atoms with Crippen LogP contribution in [0.4, 0.5) is 0 Å². The van der Waals surface area contributed by atoms with Gasteiger partial charge in [-0.25, -0.2) is 0 Å². The fourth-order valence-electron chi connectivity index (χ4n) is 2.32. The first-order valence-electron chi connectivity index (χ1n) is 5.51. The first-order chi connectivity index (χ1) is 6.75. The molecule has 0 radical (unpaired) electrons. The zero-order valence-electron chi connectivity index (χ0n) is 8.82. The van der Waals surface area contributed by atoms with E-state index >= 15 is 0 Å². The Kier molecular flexibility index (Phi) is 2.87. The quantitative estimate of drug-likeness (QED) is 0.691. The van der Waals surface area contributed by atoms with Crippen molar-refractivity contribution in [3.05, 3.63) is 18.0 Å². The van der Waals surface area contributed by atoms with Gasteiger partial charge in [0.05, 0.1) is 5.69 Å². The van der Waals surface area contributed by atoms with Crippen LogP contribution in [0.3, 0.4) is 0 Å². The van der Waals surface area contributed by atoms with E-state index in [-0.39, 0.29) is 0 Å². The molecular weight excluding hydrogens is 174 g/mol. The van der Waals surface area contributed by atoms with Gasteiger partial charge in [-0.1, -0.05) is 12.8 Å². The van der Waals surface area contributed by atoms with E-state index in [0.29, 0.717) is 12.0 Å². The number of aryl methyl sites for hydroxylation is 1. The summed E-state index contributed by atoms with van der Waals surface area (Å²) in [6.45, 7) is 0. The third-order valence-electron chi connectivity index (χ3n) is 3.12. The van der Waals surface area contributed by atoms with Crippen molar-refractivity contribution in [2.75, 3.05) is 0 Å². The normalized spacial score (nSPS) is 28.7. The molecule has 14 heavy (non-hydrogen) atoms. The second-order valence-corrected chi connectivity index (χ2v) is 4.39. The lowest BCUT2D eigenvalue weighted by molar-refractivity contribution is 0.520. The molecule has 1 aromatic heterocycles. The smallest absolute Gasteiger partial charge is 0.0655 e. The van der Waals surface area contributed by atoms with Gasteiger partial charge in [0.15, 0.2) is 0 Å². The van der Waals surface area contributed by atoms with Gasteiger partial charge in [0.2, 0.25) is 0 Å². The average molecular weight is 193 g/mol. The summed E-state index contributed by atoms with van der Waals surface area (Å²) in [5.74, 6) is 0.591. The predicted molar refractivity (Wildman–Crippen MR) is 57.0 cm³/mol. The first-order valence-corrected chi connectivity index (χ1v) is 5.51. The molecule has 1 fully saturated rings. The summed E-state index contributed by atoms with van der Waals surface area (Å²) < 4.78 is 1.88. The van der Waals surface area contributed by atoms with Crippen LogP contribution < -0.4 is 5.73 Å². The van der Waals surface area contributed by atoms with Gasteiger partial charge in [0, 0.05) is 25.2 Å². The van der Waals surface area contributed by atoms with E-state index in [1.807, 2.05) is 17.9 Å². The highest BCUT2D eigenvalue weighted by molar-refractivity contribution is 5.07. The summed E-state index contributed by atoms with van der Waals surface area (Å²) in [7, 11) is 1.97. The number of hydrogen-bond acceptors (Lipinski definition) is 2. The van der Waals surface area contributed by atoms with Crippen molar-refractivity contribution in [2.45, 2.75) is 44.1 Å². The van der Waals surface area contributed by atoms with Crippen molar-refractivity contribution in [3.8, 4) is 0 Å². The Balaban J connectivity index is 2.08. The van der Waals surface area contributed by atoms with Gasteiger partial charge in [-0.3, -0.25) is 4.68 Å². The second-order valence-electron chi connectivity index (χ2n) is 4.39. The molecule has 3 heteroatoms. The minimum atomic E-state index is 0.379. The third-order valence-corrected chi connectivity index (χ3v) is 3.12. The molecule has 0 saturated heterocycles. The van der Waals surface area contributed by atoms with Gasteiger partial charge in [0.25, 0.3) is 0 Å². The molecule has 1 aromatic rings. The Labute approximate surface area is 85.3 Å². The number of nitrogens with zero attached hydrogens (tertiary/aromatic N) is 2. The summed E-state index contributed by atoms with van der Waals surface area (Å²) >= 11 is 0. The average Bonchev–Trinajstić information content (AvgIpc) is 2.45. The lowest BCUT2D eigenvalue weighted by atomic mass is 9.95. The molecule has 2 N–H and O–H groups in total. The Hall–Kier alpha value is -0.830. The highest BCUT2D eigenvalue weighted by Gasteiger charge is 2.20. The van der Waals surface area contributed by atoms with Gasteiger partial charge in [-0.15, -0.1) is 0 Å². The van der Waals surface area contributed by atoms with Crippen LogP contribution in [0.1, 0.15) is 43.7 Å². The molecule has 0 spiro atoms. The zero-order valence-corrected chi connectivity index (χ0v) is 8.82. The van der Waals surface area contributed by atoms with Gasteiger partial charge >= 0.3 is 0 Å². The Bertz CT molecular complexity index is 292. The Morgan fingerprint density at radius 2 is 2.21 bits per heavy atom. The highest BCUT2D eigenvalue weighted by atomic mass is 15.2. The first kappa shape index (κ1) is 9.71. The minimum absolute atomic E-state index is 0.379. The van der Waals surface area contributed by atoms with Crippen LogP contribution >= 0.6 is 0 Å². The lowest BCUT2D eigenvalue weighted by Crippen LogP contribution is -2.21. The van der Waals surface area contributed by atoms with Crippen LogP contribution in [0, 0.1) is 0 Å². The van der Waals surface area contributed by atoms with Crippen LogP contribution in [0.25, 0.3) is 0 Å². The molecule has 2 atom stereocenters. The number of aromatic nitrogens is 2. The predicted octanol–water partition coefficient (Wildman–Crippen LogP) is 1.80. The Morgan fingerprint density at radius 1 is 1.43 bits per heavy atom. The molecule has 0 bridgehead atoms. The Morgan fingerprint density at radius 3 is 2.93 bits per heavy atom. The maximum Gasteiger partial charge on any atom is 0.0655 e. The zero-order chi connectivity index (χ0) is 9.97. The monoisotopic (exact) mass is 193 g/mol. The van der Waals surface area contributed by atoms with Gasteiger partial charge in [-0.2, -0.15) is 5.10 Å². The van der Waals surface area contributed by atoms with Crippen molar-refractivity contribution >= 4 is 0 Å². The van der Waals surface area contributed by atoms with E-state index < -0.39 is 0 Å². The molecule has 1 aliphatic rings. The fraction of sp³-hybridized carbons (Fsp3) is 0.727. The van der Waals surface area contributed by atoms with Gasteiger partial charge in [0.1, 0.15) is 0 Å². The summed E-state index contributed by atoms with van der Waals surface area (Å²) in [6.07, 6.45) is 8.15. The number of nitrogens with two attached hydrogens (primary N) is 1. The summed E-state index contributed by atoms with van der Waals surface area (Å²) in [5.41, 5.74) is 7.26. The number of rotatable bonds is 1. The lowest BCUT2D eigenvalue weighted by Gasteiger charge is -2.14. The summed E-state index contributed by atoms with van der Waals surface area (Å²) in [6, 6.07) is 2.51. The van der Waals surface area contributed by atoms with Crippen LogP contribution in [0.2, 0.25) is 0 Å². The maximum atomic E-state index is 6.03. The maximum absolute atomic E-state index is 6.03. The van der Waals surface area contributed by atoms with E-state index in [2.05, 4.69) is 11.2 Å². The highest BCUT2D eigenvalue weighted by Crippen LogP contribution is 2.29. The minimum Gasteiger partial charge on any atom is -0.328 e. The van der Waals surface area contributed by atoms with E-state index in [0.717, 1.165) is 6.42 Å². The van der Waals surface area contributed by atoms with Crippen molar-refractivity contribution in [3.63, 3.8) is 0 Å². The number of hydrogen-bond donors (Lipinski definition) is 1. The molecule has 1 aliphatic carbocycles. The van der Waals surface area contributed by atoms with Crippen molar-refractivity contribution in [2.24, 2.45) is 12.8 Å². The van der Waals surface area contributed by atoms with Crippen LogP contribution in [0.15, 0.2) is 12.3 Å². The summed E-state index contributed by atoms with van der Waals surface area (Å²) in [4.78, 5) is 0. The van der Waals surface area contributed by atoms with E-state index in [4.69, 9.17) is 5.73 Å². The fourth-order valence-corrected chi connectivity index (χ4v) is 2.32. The molecule has 3 nitrogen and oxygen atoms in total. The van der Waals surface area contributed by atoms with Crippen molar-refractivity contribution < 1.29 is 0 Å². The van der Waals surface area contributed by atoms with Crippen molar-refractivity contribution in [1.29, 1.82) is 0 Å².